The van der Waals surface area contributed by atoms with Crippen LogP contribution in [0.15, 0.2) is 59.5 Å². The van der Waals surface area contributed by atoms with Gasteiger partial charge in [0.05, 0.1) is 17.7 Å². The van der Waals surface area contributed by atoms with Crippen molar-refractivity contribution in [2.24, 2.45) is 0 Å². The Labute approximate surface area is 165 Å². The highest BCUT2D eigenvalue weighted by Gasteiger charge is 2.22. The first-order valence-electron chi connectivity index (χ1n) is 8.73. The van der Waals surface area contributed by atoms with Crippen LogP contribution in [0, 0.1) is 0 Å². The van der Waals surface area contributed by atoms with Gasteiger partial charge in [0.25, 0.3) is 15.9 Å². The molecule has 0 unspecified atom stereocenters. The summed E-state index contributed by atoms with van der Waals surface area (Å²) in [5, 5.41) is 0. The molecule has 0 saturated heterocycles. The zero-order chi connectivity index (χ0) is 20.7. The molecule has 0 aliphatic carbocycles. The quantitative estimate of drug-likeness (QED) is 0.632. The molecule has 2 aromatic carbocycles. The molecule has 1 amide bonds. The van der Waals surface area contributed by atoms with E-state index in [0.717, 1.165) is 0 Å². The van der Waals surface area contributed by atoms with E-state index in [4.69, 9.17) is 0 Å². The number of nitrogens with zero attached hydrogens (tertiary/aromatic N) is 2. The van der Waals surface area contributed by atoms with Crippen molar-refractivity contribution >= 4 is 27.6 Å². The van der Waals surface area contributed by atoms with E-state index in [1.807, 2.05) is 6.07 Å². The van der Waals surface area contributed by atoms with Crippen LogP contribution in [-0.2, 0) is 19.6 Å². The summed E-state index contributed by atoms with van der Waals surface area (Å²) < 4.78 is 31.3. The Hall–Kier alpha value is -2.87. The normalized spacial score (nSPS) is 11.0. The zero-order valence-corrected chi connectivity index (χ0v) is 17.0. The molecule has 150 valence electrons. The van der Waals surface area contributed by atoms with Crippen LogP contribution in [0.4, 0.5) is 5.69 Å². The number of hydrogen-bond donors (Lipinski definition) is 0. The molecule has 2 rings (SSSR count). The van der Waals surface area contributed by atoms with Crippen molar-refractivity contribution in [1.29, 1.82) is 0 Å². The molecule has 0 heterocycles. The molecule has 0 N–H and O–H groups in total. The number of anilines is 1. The van der Waals surface area contributed by atoms with E-state index in [1.54, 1.807) is 31.3 Å². The Balaban J connectivity index is 2.07. The first kappa shape index (κ1) is 21.4. The summed E-state index contributed by atoms with van der Waals surface area (Å²) >= 11 is 0. The molecule has 2 aromatic rings. The largest absolute Gasteiger partial charge is 0.469 e. The number of carbonyl (C=O) groups excluding carboxylic acids is 2. The molecule has 0 aliphatic rings. The number of amides is 1. The lowest BCUT2D eigenvalue weighted by molar-refractivity contribution is -0.140. The molecule has 7 nitrogen and oxygen atoms in total. The Bertz CT molecular complexity index is 911. The average molecular weight is 404 g/mol. The van der Waals surface area contributed by atoms with Crippen molar-refractivity contribution in [2.45, 2.75) is 17.7 Å². The number of para-hydroxylation sites is 1. The third-order valence-electron chi connectivity index (χ3n) is 4.33. The van der Waals surface area contributed by atoms with Crippen LogP contribution in [0.2, 0.25) is 0 Å². The third-order valence-corrected chi connectivity index (χ3v) is 6.13. The Morgan fingerprint density at radius 2 is 1.57 bits per heavy atom. The minimum absolute atomic E-state index is 0.101. The molecule has 0 saturated carbocycles. The summed E-state index contributed by atoms with van der Waals surface area (Å²) in [5.74, 6) is -0.567. The van der Waals surface area contributed by atoms with Crippen LogP contribution in [-0.4, -0.2) is 52.9 Å². The fourth-order valence-corrected chi connectivity index (χ4v) is 3.78. The van der Waals surface area contributed by atoms with Crippen LogP contribution in [0.5, 0.6) is 0 Å². The second-order valence-corrected chi connectivity index (χ2v) is 8.21. The number of esters is 1. The summed E-state index contributed by atoms with van der Waals surface area (Å²) in [6, 6.07) is 14.6. The highest BCUT2D eigenvalue weighted by atomic mass is 32.2. The fourth-order valence-electron chi connectivity index (χ4n) is 2.59. The van der Waals surface area contributed by atoms with E-state index in [2.05, 4.69) is 4.74 Å². The number of methoxy groups -OCH3 is 1. The predicted molar refractivity (Wildman–Crippen MR) is 107 cm³/mol. The fraction of sp³-hybridized carbons (Fsp3) is 0.300. The van der Waals surface area contributed by atoms with Crippen LogP contribution in [0.3, 0.4) is 0 Å². The van der Waals surface area contributed by atoms with Gasteiger partial charge < -0.3 is 9.64 Å². The minimum atomic E-state index is -3.72. The van der Waals surface area contributed by atoms with Crippen molar-refractivity contribution in [1.82, 2.24) is 4.90 Å². The molecule has 0 radical (unpaired) electrons. The molecular weight excluding hydrogens is 380 g/mol. The number of hydrogen-bond acceptors (Lipinski definition) is 5. The summed E-state index contributed by atoms with van der Waals surface area (Å²) in [7, 11) is 0.714. The van der Waals surface area contributed by atoms with Gasteiger partial charge in [-0.05, 0) is 42.8 Å². The molecule has 0 aromatic heterocycles. The zero-order valence-electron chi connectivity index (χ0n) is 16.2. The average Bonchev–Trinajstić information content (AvgIpc) is 2.73. The van der Waals surface area contributed by atoms with Crippen LogP contribution < -0.4 is 4.31 Å². The third kappa shape index (κ3) is 5.10. The van der Waals surface area contributed by atoms with E-state index >= 15 is 0 Å². The lowest BCUT2D eigenvalue weighted by Crippen LogP contribution is -2.28. The standard InChI is InChI=1S/C20H24N2O5S/c1-21(15-7-10-19(23)27-3)20(24)16-11-13-18(14-12-16)28(25,26)22(2)17-8-5-4-6-9-17/h4-6,8-9,11-14H,7,10,15H2,1-3H3. The minimum Gasteiger partial charge on any atom is -0.469 e. The Kier molecular flexibility index (Phi) is 7.17. The van der Waals surface area contributed by atoms with Gasteiger partial charge in [0, 0.05) is 32.6 Å². The van der Waals surface area contributed by atoms with E-state index < -0.39 is 10.0 Å². The first-order valence-corrected chi connectivity index (χ1v) is 10.2. The van der Waals surface area contributed by atoms with Gasteiger partial charge >= 0.3 is 5.97 Å². The summed E-state index contributed by atoms with van der Waals surface area (Å²) in [4.78, 5) is 25.2. The number of sulfonamides is 1. The van der Waals surface area contributed by atoms with Gasteiger partial charge in [0.15, 0.2) is 0 Å². The summed E-state index contributed by atoms with van der Waals surface area (Å²) in [6.07, 6.45) is 0.723. The van der Waals surface area contributed by atoms with Crippen LogP contribution >= 0.6 is 0 Å². The maximum atomic E-state index is 12.8. The molecule has 0 spiro atoms. The molecule has 28 heavy (non-hydrogen) atoms. The highest BCUT2D eigenvalue weighted by molar-refractivity contribution is 7.92. The topological polar surface area (TPSA) is 84.0 Å². The number of rotatable bonds is 8. The van der Waals surface area contributed by atoms with E-state index in [0.29, 0.717) is 24.2 Å². The highest BCUT2D eigenvalue weighted by Crippen LogP contribution is 2.22. The van der Waals surface area contributed by atoms with Gasteiger partial charge in [0.2, 0.25) is 0 Å². The second-order valence-electron chi connectivity index (χ2n) is 6.24. The van der Waals surface area contributed by atoms with Gasteiger partial charge in [-0.1, -0.05) is 18.2 Å². The lowest BCUT2D eigenvalue weighted by Gasteiger charge is -2.20. The number of benzene rings is 2. The molecule has 0 bridgehead atoms. The maximum Gasteiger partial charge on any atom is 0.305 e. The summed E-state index contributed by atoms with van der Waals surface area (Å²) in [6.45, 7) is 0.394. The van der Waals surface area contributed by atoms with Crippen molar-refractivity contribution in [3.8, 4) is 0 Å². The van der Waals surface area contributed by atoms with Gasteiger partial charge in [-0.2, -0.15) is 0 Å². The van der Waals surface area contributed by atoms with E-state index in [1.165, 1.54) is 47.6 Å². The SMILES string of the molecule is COC(=O)CCCN(C)C(=O)c1ccc(S(=O)(=O)N(C)c2ccccc2)cc1. The first-order chi connectivity index (χ1) is 13.3. The van der Waals surface area contributed by atoms with Gasteiger partial charge in [-0.15, -0.1) is 0 Å². The smallest absolute Gasteiger partial charge is 0.305 e. The van der Waals surface area contributed by atoms with Crippen molar-refractivity contribution < 1.29 is 22.7 Å². The second kappa shape index (κ2) is 9.36. The molecule has 0 fully saturated rings. The van der Waals surface area contributed by atoms with Crippen molar-refractivity contribution in [2.75, 3.05) is 32.1 Å². The molecule has 0 aliphatic heterocycles. The van der Waals surface area contributed by atoms with Crippen LogP contribution in [0.25, 0.3) is 0 Å². The Morgan fingerprint density at radius 1 is 0.964 bits per heavy atom. The van der Waals surface area contributed by atoms with Crippen LogP contribution in [0.1, 0.15) is 23.2 Å². The molecule has 8 heteroatoms. The maximum absolute atomic E-state index is 12.8. The van der Waals surface area contributed by atoms with Gasteiger partial charge in [-0.3, -0.25) is 13.9 Å². The summed E-state index contributed by atoms with van der Waals surface area (Å²) in [5.41, 5.74) is 0.926. The van der Waals surface area contributed by atoms with Crippen molar-refractivity contribution in [3.05, 3.63) is 60.2 Å². The molecule has 0 atom stereocenters. The predicted octanol–water partition coefficient (Wildman–Crippen LogP) is 2.54. The van der Waals surface area contributed by atoms with Gasteiger partial charge in [-0.25, -0.2) is 8.42 Å². The van der Waals surface area contributed by atoms with Crippen molar-refractivity contribution in [3.63, 3.8) is 0 Å². The number of ether oxygens (including phenoxy) is 1. The van der Waals surface area contributed by atoms with E-state index in [-0.39, 0.29) is 23.2 Å². The number of carbonyl (C=O) groups is 2. The lowest BCUT2D eigenvalue weighted by atomic mass is 10.2. The monoisotopic (exact) mass is 404 g/mol. The van der Waals surface area contributed by atoms with E-state index in [9.17, 15) is 18.0 Å². The molecular formula is C20H24N2O5S. The Morgan fingerprint density at radius 3 is 2.14 bits per heavy atom. The van der Waals surface area contributed by atoms with Gasteiger partial charge in [0.1, 0.15) is 0 Å².